The highest BCUT2D eigenvalue weighted by Gasteiger charge is 2.22. The smallest absolute Gasteiger partial charge is 0.261 e. The molecule has 22 heavy (non-hydrogen) atoms. The minimum Gasteiger partial charge on any atom is -0.488 e. The Labute approximate surface area is 132 Å². The second-order valence-corrected chi connectivity index (χ2v) is 5.94. The zero-order valence-corrected chi connectivity index (χ0v) is 13.0. The molecule has 1 aromatic carbocycles. The van der Waals surface area contributed by atoms with Crippen LogP contribution in [0.4, 0.5) is 0 Å². The number of nitrogens with one attached hydrogen (secondary N) is 2. The largest absolute Gasteiger partial charge is 0.488 e. The van der Waals surface area contributed by atoms with E-state index in [2.05, 4.69) is 10.6 Å². The van der Waals surface area contributed by atoms with E-state index in [0.29, 0.717) is 18.0 Å². The normalized spacial score (nSPS) is 11.9. The number of rotatable bonds is 4. The zero-order valence-electron chi connectivity index (χ0n) is 12.1. The zero-order chi connectivity index (χ0) is 15.5. The number of fused-ring (bicyclic) bond motifs is 3. The van der Waals surface area contributed by atoms with Crippen molar-refractivity contribution in [2.45, 2.75) is 13.5 Å². The Bertz CT molecular complexity index is 724. The van der Waals surface area contributed by atoms with Gasteiger partial charge in [0.15, 0.2) is 0 Å². The average Bonchev–Trinajstić information content (AvgIpc) is 2.97. The lowest BCUT2D eigenvalue weighted by atomic mass is 10.1. The SMILES string of the molecule is CCNC(=O)CNC(=O)c1cc2c(s1)-c1ccccc1OC2. The summed E-state index contributed by atoms with van der Waals surface area (Å²) < 4.78 is 5.68. The number of thiophene rings is 1. The van der Waals surface area contributed by atoms with E-state index in [0.717, 1.165) is 21.8 Å². The number of ether oxygens (including phenoxy) is 1. The molecule has 0 fully saturated rings. The monoisotopic (exact) mass is 316 g/mol. The van der Waals surface area contributed by atoms with Gasteiger partial charge in [-0.25, -0.2) is 0 Å². The number of hydrogen-bond acceptors (Lipinski definition) is 4. The highest BCUT2D eigenvalue weighted by atomic mass is 32.1. The molecule has 0 unspecified atom stereocenters. The summed E-state index contributed by atoms with van der Waals surface area (Å²) in [5.41, 5.74) is 2.02. The lowest BCUT2D eigenvalue weighted by Gasteiger charge is -2.16. The first kappa shape index (κ1) is 14.6. The molecule has 2 amide bonds. The first-order valence-electron chi connectivity index (χ1n) is 7.09. The summed E-state index contributed by atoms with van der Waals surface area (Å²) in [5.74, 6) is 0.417. The third kappa shape index (κ3) is 2.82. The Balaban J connectivity index is 1.77. The summed E-state index contributed by atoms with van der Waals surface area (Å²) >= 11 is 1.43. The molecule has 2 N–H and O–H groups in total. The third-order valence-corrected chi connectivity index (χ3v) is 4.54. The van der Waals surface area contributed by atoms with E-state index in [-0.39, 0.29) is 18.4 Å². The fourth-order valence-electron chi connectivity index (χ4n) is 2.32. The molecule has 0 saturated carbocycles. The maximum atomic E-state index is 12.2. The maximum absolute atomic E-state index is 12.2. The van der Waals surface area contributed by atoms with E-state index < -0.39 is 0 Å². The van der Waals surface area contributed by atoms with Crippen molar-refractivity contribution in [1.29, 1.82) is 0 Å². The van der Waals surface area contributed by atoms with Gasteiger partial charge in [-0.05, 0) is 25.1 Å². The summed E-state index contributed by atoms with van der Waals surface area (Å²) in [7, 11) is 0. The summed E-state index contributed by atoms with van der Waals surface area (Å²) in [4.78, 5) is 25.2. The molecule has 1 aliphatic rings. The van der Waals surface area contributed by atoms with Crippen LogP contribution >= 0.6 is 11.3 Å². The highest BCUT2D eigenvalue weighted by molar-refractivity contribution is 7.17. The molecule has 0 spiro atoms. The van der Waals surface area contributed by atoms with Gasteiger partial charge in [-0.3, -0.25) is 9.59 Å². The van der Waals surface area contributed by atoms with Crippen LogP contribution in [-0.2, 0) is 11.4 Å². The Hall–Kier alpha value is -2.34. The van der Waals surface area contributed by atoms with Crippen molar-refractivity contribution in [3.8, 4) is 16.2 Å². The lowest BCUT2D eigenvalue weighted by Crippen LogP contribution is -2.36. The van der Waals surface area contributed by atoms with Crippen LogP contribution in [-0.4, -0.2) is 24.9 Å². The van der Waals surface area contributed by atoms with Crippen molar-refractivity contribution in [3.05, 3.63) is 40.8 Å². The average molecular weight is 316 g/mol. The number of benzene rings is 1. The van der Waals surface area contributed by atoms with Gasteiger partial charge in [-0.1, -0.05) is 12.1 Å². The molecule has 1 aromatic heterocycles. The van der Waals surface area contributed by atoms with Crippen molar-refractivity contribution in [2.75, 3.05) is 13.1 Å². The Morgan fingerprint density at radius 2 is 2.09 bits per heavy atom. The predicted octanol–water partition coefficient (Wildman–Crippen LogP) is 2.17. The number of para-hydroxylation sites is 1. The molecule has 0 aliphatic carbocycles. The fourth-order valence-corrected chi connectivity index (χ4v) is 3.43. The van der Waals surface area contributed by atoms with Gasteiger partial charge in [0.25, 0.3) is 5.91 Å². The van der Waals surface area contributed by atoms with Crippen LogP contribution in [0.5, 0.6) is 5.75 Å². The Kier molecular flexibility index (Phi) is 4.11. The van der Waals surface area contributed by atoms with Gasteiger partial charge in [-0.15, -0.1) is 11.3 Å². The van der Waals surface area contributed by atoms with E-state index >= 15 is 0 Å². The van der Waals surface area contributed by atoms with Crippen molar-refractivity contribution >= 4 is 23.2 Å². The quantitative estimate of drug-likeness (QED) is 0.908. The number of carbonyl (C=O) groups excluding carboxylic acids is 2. The minimum absolute atomic E-state index is 0.0116. The van der Waals surface area contributed by atoms with Crippen LogP contribution in [0.25, 0.3) is 10.4 Å². The molecule has 1 aliphatic heterocycles. The maximum Gasteiger partial charge on any atom is 0.261 e. The van der Waals surface area contributed by atoms with Gasteiger partial charge in [0.2, 0.25) is 5.91 Å². The standard InChI is InChI=1S/C16H16N2O3S/c1-2-17-14(19)8-18-16(20)13-7-10-9-21-12-6-4-3-5-11(12)15(10)22-13/h3-7H,2,8-9H2,1H3,(H,17,19)(H,18,20). The van der Waals surface area contributed by atoms with Crippen LogP contribution in [0.2, 0.25) is 0 Å². The van der Waals surface area contributed by atoms with Gasteiger partial charge < -0.3 is 15.4 Å². The number of likely N-dealkylation sites (N-methyl/N-ethyl adjacent to an activating group) is 1. The molecule has 0 bridgehead atoms. The van der Waals surface area contributed by atoms with Crippen LogP contribution in [0, 0.1) is 0 Å². The molecular formula is C16H16N2O3S. The second-order valence-electron chi connectivity index (χ2n) is 4.89. The van der Waals surface area contributed by atoms with Gasteiger partial charge in [0.1, 0.15) is 12.4 Å². The number of hydrogen-bond donors (Lipinski definition) is 2. The molecule has 0 atom stereocenters. The Morgan fingerprint density at radius 3 is 2.91 bits per heavy atom. The number of amides is 2. The fraction of sp³-hybridized carbons (Fsp3) is 0.250. The third-order valence-electron chi connectivity index (χ3n) is 3.33. The van der Waals surface area contributed by atoms with Gasteiger partial charge in [-0.2, -0.15) is 0 Å². The predicted molar refractivity (Wildman–Crippen MR) is 85.1 cm³/mol. The van der Waals surface area contributed by atoms with E-state index in [1.807, 2.05) is 37.3 Å². The molecule has 2 aromatic rings. The van der Waals surface area contributed by atoms with E-state index in [9.17, 15) is 9.59 Å². The van der Waals surface area contributed by atoms with Gasteiger partial charge >= 0.3 is 0 Å². The molecule has 5 nitrogen and oxygen atoms in total. The van der Waals surface area contributed by atoms with Crippen molar-refractivity contribution in [2.24, 2.45) is 0 Å². The van der Waals surface area contributed by atoms with Gasteiger partial charge in [0.05, 0.1) is 11.4 Å². The van der Waals surface area contributed by atoms with Crippen molar-refractivity contribution in [3.63, 3.8) is 0 Å². The Morgan fingerprint density at radius 1 is 1.27 bits per heavy atom. The lowest BCUT2D eigenvalue weighted by molar-refractivity contribution is -0.120. The molecule has 0 saturated heterocycles. The molecule has 114 valence electrons. The van der Waals surface area contributed by atoms with Crippen molar-refractivity contribution in [1.82, 2.24) is 10.6 Å². The van der Waals surface area contributed by atoms with E-state index in [1.165, 1.54) is 11.3 Å². The topological polar surface area (TPSA) is 67.4 Å². The van der Waals surface area contributed by atoms with Crippen molar-refractivity contribution < 1.29 is 14.3 Å². The van der Waals surface area contributed by atoms with Gasteiger partial charge in [0, 0.05) is 22.5 Å². The van der Waals surface area contributed by atoms with Crippen LogP contribution in [0.3, 0.4) is 0 Å². The van der Waals surface area contributed by atoms with Crippen LogP contribution in [0.1, 0.15) is 22.2 Å². The molecule has 3 rings (SSSR count). The summed E-state index contributed by atoms with van der Waals surface area (Å²) in [6.07, 6.45) is 0. The first-order valence-corrected chi connectivity index (χ1v) is 7.90. The minimum atomic E-state index is -0.233. The second kappa shape index (κ2) is 6.19. The molecule has 2 heterocycles. The van der Waals surface area contributed by atoms with E-state index in [1.54, 1.807) is 0 Å². The molecule has 0 radical (unpaired) electrons. The molecule has 6 heteroatoms. The van der Waals surface area contributed by atoms with Crippen LogP contribution in [0.15, 0.2) is 30.3 Å². The molecular weight excluding hydrogens is 300 g/mol. The summed E-state index contributed by atoms with van der Waals surface area (Å²) in [6.45, 7) is 2.84. The highest BCUT2D eigenvalue weighted by Crippen LogP contribution is 2.42. The van der Waals surface area contributed by atoms with Crippen LogP contribution < -0.4 is 15.4 Å². The first-order chi connectivity index (χ1) is 10.7. The summed E-state index contributed by atoms with van der Waals surface area (Å²) in [5, 5.41) is 5.28. The summed E-state index contributed by atoms with van der Waals surface area (Å²) in [6, 6.07) is 9.62. The van der Waals surface area contributed by atoms with E-state index in [4.69, 9.17) is 4.74 Å². The number of carbonyl (C=O) groups is 2.